The van der Waals surface area contributed by atoms with Gasteiger partial charge >= 0.3 is 0 Å². The van der Waals surface area contributed by atoms with Crippen LogP contribution < -0.4 is 4.90 Å². The first-order valence-corrected chi connectivity index (χ1v) is 5.51. The molecule has 2 rings (SSSR count). The second-order valence-electron chi connectivity index (χ2n) is 3.96. The second kappa shape index (κ2) is 5.03. The van der Waals surface area contributed by atoms with E-state index in [-0.39, 0.29) is 0 Å². The zero-order valence-corrected chi connectivity index (χ0v) is 9.96. The van der Waals surface area contributed by atoms with Gasteiger partial charge in [0.25, 0.3) is 0 Å². The first-order chi connectivity index (χ1) is 8.74. The Balaban J connectivity index is 2.53. The summed E-state index contributed by atoms with van der Waals surface area (Å²) in [4.78, 5) is 0.999. The summed E-state index contributed by atoms with van der Waals surface area (Å²) in [5.74, 6) is 0. The van der Waals surface area contributed by atoms with E-state index in [9.17, 15) is 0 Å². The lowest BCUT2D eigenvalue weighted by molar-refractivity contribution is 1.26. The van der Waals surface area contributed by atoms with Gasteiger partial charge in [0.15, 0.2) is 12.4 Å². The van der Waals surface area contributed by atoms with Crippen molar-refractivity contribution in [3.8, 4) is 23.5 Å². The molecular weight excluding hydrogens is 222 g/mol. The summed E-state index contributed by atoms with van der Waals surface area (Å²) in [6.07, 6.45) is 3.69. The van der Waals surface area contributed by atoms with Crippen LogP contribution in [0.2, 0.25) is 0 Å². The van der Waals surface area contributed by atoms with Crippen LogP contribution in [0.25, 0.3) is 11.1 Å². The zero-order valence-electron chi connectivity index (χ0n) is 9.96. The van der Waals surface area contributed by atoms with E-state index in [4.69, 9.17) is 10.5 Å². The number of anilines is 1. The molecule has 0 heterocycles. The molecule has 18 heavy (non-hydrogen) atoms. The van der Waals surface area contributed by atoms with E-state index in [1.165, 1.54) is 0 Å². The van der Waals surface area contributed by atoms with Crippen molar-refractivity contribution in [2.24, 2.45) is 0 Å². The summed E-state index contributed by atoms with van der Waals surface area (Å²) in [5, 5.41) is 17.8. The molecule has 3 nitrogen and oxygen atoms in total. The molecule has 0 amide bonds. The Morgan fingerprint density at radius 3 is 2.17 bits per heavy atom. The van der Waals surface area contributed by atoms with Crippen LogP contribution in [0.1, 0.15) is 5.56 Å². The monoisotopic (exact) mass is 233 g/mol. The van der Waals surface area contributed by atoms with Crippen LogP contribution in [-0.2, 0) is 0 Å². The van der Waals surface area contributed by atoms with Crippen LogP contribution in [-0.4, -0.2) is 0 Å². The lowest BCUT2D eigenvalue weighted by atomic mass is 10.0. The Bertz CT molecular complexity index is 619. The highest BCUT2D eigenvalue weighted by molar-refractivity contribution is 5.71. The summed E-state index contributed by atoms with van der Waals surface area (Å²) >= 11 is 0. The molecule has 86 valence electrons. The van der Waals surface area contributed by atoms with Crippen molar-refractivity contribution in [1.29, 1.82) is 10.5 Å². The standard InChI is InChI=1S/C15H11N3/c1-12-7-14(13-5-3-2-4-6-13)9-15(8-12)18(10-16)11-17/h2-9H,1H3. The number of benzene rings is 2. The van der Waals surface area contributed by atoms with Gasteiger partial charge in [0.1, 0.15) is 0 Å². The van der Waals surface area contributed by atoms with Gasteiger partial charge < -0.3 is 0 Å². The van der Waals surface area contributed by atoms with Crippen LogP contribution in [0.4, 0.5) is 5.69 Å². The number of nitrogens with zero attached hydrogens (tertiary/aromatic N) is 3. The molecule has 0 aliphatic carbocycles. The largest absolute Gasteiger partial charge is 0.198 e. The maximum Gasteiger partial charge on any atom is 0.198 e. The molecule has 0 unspecified atom stereocenters. The third-order valence-electron chi connectivity index (χ3n) is 2.63. The highest BCUT2D eigenvalue weighted by Crippen LogP contribution is 2.26. The molecule has 2 aromatic rings. The van der Waals surface area contributed by atoms with Crippen LogP contribution in [0, 0.1) is 29.8 Å². The maximum absolute atomic E-state index is 8.89. The lowest BCUT2D eigenvalue weighted by Crippen LogP contribution is -2.07. The van der Waals surface area contributed by atoms with Crippen molar-refractivity contribution >= 4 is 5.69 Å². The first-order valence-electron chi connectivity index (χ1n) is 5.51. The fourth-order valence-corrected chi connectivity index (χ4v) is 1.83. The van der Waals surface area contributed by atoms with Crippen molar-refractivity contribution in [1.82, 2.24) is 0 Å². The lowest BCUT2D eigenvalue weighted by Gasteiger charge is -2.10. The molecule has 2 aromatic carbocycles. The van der Waals surface area contributed by atoms with Crippen molar-refractivity contribution in [2.45, 2.75) is 6.92 Å². The molecule has 0 spiro atoms. The molecule has 0 saturated heterocycles. The molecule has 0 atom stereocenters. The molecule has 0 N–H and O–H groups in total. The average Bonchev–Trinajstić information content (AvgIpc) is 2.40. The number of nitriles is 2. The summed E-state index contributed by atoms with van der Waals surface area (Å²) in [6.45, 7) is 1.95. The Labute approximate surface area is 106 Å². The molecule has 0 aliphatic rings. The summed E-state index contributed by atoms with van der Waals surface area (Å²) in [5.41, 5.74) is 3.68. The van der Waals surface area contributed by atoms with Gasteiger partial charge in [-0.3, -0.25) is 0 Å². The Hall–Kier alpha value is -2.78. The predicted octanol–water partition coefficient (Wildman–Crippen LogP) is 3.43. The van der Waals surface area contributed by atoms with E-state index in [1.54, 1.807) is 0 Å². The minimum atomic E-state index is 0.596. The molecule has 0 aliphatic heterocycles. The van der Waals surface area contributed by atoms with Gasteiger partial charge in [0, 0.05) is 0 Å². The maximum atomic E-state index is 8.89. The molecule has 0 saturated carbocycles. The van der Waals surface area contributed by atoms with Crippen LogP contribution in [0.3, 0.4) is 0 Å². The fraction of sp³-hybridized carbons (Fsp3) is 0.0667. The predicted molar refractivity (Wildman–Crippen MR) is 70.3 cm³/mol. The number of hydrogen-bond donors (Lipinski definition) is 0. The smallest absolute Gasteiger partial charge is 0.183 e. The highest BCUT2D eigenvalue weighted by atomic mass is 15.1. The molecule has 0 bridgehead atoms. The van der Waals surface area contributed by atoms with Gasteiger partial charge in [-0.1, -0.05) is 36.4 Å². The van der Waals surface area contributed by atoms with E-state index in [1.807, 2.05) is 67.8 Å². The van der Waals surface area contributed by atoms with Crippen molar-refractivity contribution in [3.05, 3.63) is 54.1 Å². The van der Waals surface area contributed by atoms with Gasteiger partial charge in [-0.25, -0.2) is 0 Å². The zero-order chi connectivity index (χ0) is 13.0. The van der Waals surface area contributed by atoms with E-state index in [0.717, 1.165) is 21.6 Å². The summed E-state index contributed by atoms with van der Waals surface area (Å²) < 4.78 is 0. The van der Waals surface area contributed by atoms with Gasteiger partial charge in [0.2, 0.25) is 0 Å². The van der Waals surface area contributed by atoms with E-state index in [0.29, 0.717) is 5.69 Å². The first kappa shape index (κ1) is 11.7. The molecule has 0 aromatic heterocycles. The molecule has 0 radical (unpaired) electrons. The van der Waals surface area contributed by atoms with Crippen LogP contribution in [0.15, 0.2) is 48.5 Å². The fourth-order valence-electron chi connectivity index (χ4n) is 1.83. The van der Waals surface area contributed by atoms with Gasteiger partial charge in [-0.2, -0.15) is 15.4 Å². The number of hydrogen-bond acceptors (Lipinski definition) is 3. The highest BCUT2D eigenvalue weighted by Gasteiger charge is 2.07. The van der Waals surface area contributed by atoms with Crippen molar-refractivity contribution < 1.29 is 0 Å². The van der Waals surface area contributed by atoms with Crippen molar-refractivity contribution in [2.75, 3.05) is 4.90 Å². The van der Waals surface area contributed by atoms with Crippen LogP contribution >= 0.6 is 0 Å². The van der Waals surface area contributed by atoms with Gasteiger partial charge in [-0.05, 0) is 35.7 Å². The Morgan fingerprint density at radius 1 is 0.889 bits per heavy atom. The van der Waals surface area contributed by atoms with Crippen LogP contribution in [0.5, 0.6) is 0 Å². The van der Waals surface area contributed by atoms with Crippen molar-refractivity contribution in [3.63, 3.8) is 0 Å². The van der Waals surface area contributed by atoms with Gasteiger partial charge in [-0.15, -0.1) is 0 Å². The minimum absolute atomic E-state index is 0.596. The molecular formula is C15H11N3. The normalized spacial score (nSPS) is 9.28. The van der Waals surface area contributed by atoms with E-state index >= 15 is 0 Å². The van der Waals surface area contributed by atoms with E-state index < -0.39 is 0 Å². The second-order valence-corrected chi connectivity index (χ2v) is 3.96. The van der Waals surface area contributed by atoms with E-state index in [2.05, 4.69) is 0 Å². The topological polar surface area (TPSA) is 50.8 Å². The third-order valence-corrected chi connectivity index (χ3v) is 2.63. The summed E-state index contributed by atoms with van der Waals surface area (Å²) in [6, 6.07) is 15.6. The van der Waals surface area contributed by atoms with Gasteiger partial charge in [0.05, 0.1) is 5.69 Å². The average molecular weight is 233 g/mol. The molecule has 3 heteroatoms. The summed E-state index contributed by atoms with van der Waals surface area (Å²) in [7, 11) is 0. The quantitative estimate of drug-likeness (QED) is 0.589. The minimum Gasteiger partial charge on any atom is -0.183 e. The molecule has 0 fully saturated rings. The Morgan fingerprint density at radius 2 is 1.56 bits per heavy atom. The number of rotatable bonds is 2. The SMILES string of the molecule is Cc1cc(-c2ccccc2)cc(N(C#N)C#N)c1. The number of aryl methyl sites for hydroxylation is 1. The Kier molecular flexibility index (Phi) is 3.27. The third kappa shape index (κ3) is 2.31.